The van der Waals surface area contributed by atoms with Crippen molar-refractivity contribution in [3.63, 3.8) is 0 Å². The quantitative estimate of drug-likeness (QED) is 0.782. The summed E-state index contributed by atoms with van der Waals surface area (Å²) in [5.74, 6) is 1.28. The van der Waals surface area contributed by atoms with Gasteiger partial charge >= 0.3 is 0 Å². The average Bonchev–Trinajstić information content (AvgIpc) is 2.59. The van der Waals surface area contributed by atoms with Gasteiger partial charge in [-0.3, -0.25) is 0 Å². The van der Waals surface area contributed by atoms with Gasteiger partial charge in [-0.25, -0.2) is 8.42 Å². The Balaban J connectivity index is 2.43. The molecular formula is C12H25NO2S. The Morgan fingerprint density at radius 1 is 1.31 bits per heavy atom. The van der Waals surface area contributed by atoms with Crippen molar-refractivity contribution in [1.82, 2.24) is 0 Å². The third kappa shape index (κ3) is 4.06. The van der Waals surface area contributed by atoms with Crippen LogP contribution in [0.1, 0.15) is 52.4 Å². The van der Waals surface area contributed by atoms with E-state index in [0.29, 0.717) is 24.5 Å². The molecule has 1 aliphatic rings. The summed E-state index contributed by atoms with van der Waals surface area (Å²) in [6.45, 7) is 4.09. The smallest absolute Gasteiger partial charge is 0.150 e. The van der Waals surface area contributed by atoms with Crippen LogP contribution in [0.2, 0.25) is 0 Å². The maximum atomic E-state index is 11.6. The van der Waals surface area contributed by atoms with Gasteiger partial charge in [0.1, 0.15) is 9.84 Å². The van der Waals surface area contributed by atoms with Crippen LogP contribution in [0.4, 0.5) is 0 Å². The van der Waals surface area contributed by atoms with Gasteiger partial charge < -0.3 is 5.73 Å². The summed E-state index contributed by atoms with van der Waals surface area (Å²) in [5.41, 5.74) is 6.06. The molecule has 1 rings (SSSR count). The van der Waals surface area contributed by atoms with Crippen molar-refractivity contribution in [3.05, 3.63) is 0 Å². The van der Waals surface area contributed by atoms with Crippen molar-refractivity contribution in [2.75, 3.05) is 11.5 Å². The number of sulfone groups is 1. The first kappa shape index (κ1) is 14.0. The molecule has 0 radical (unpaired) electrons. The van der Waals surface area contributed by atoms with Gasteiger partial charge in [0.2, 0.25) is 0 Å². The maximum absolute atomic E-state index is 11.6. The van der Waals surface area contributed by atoms with E-state index >= 15 is 0 Å². The van der Waals surface area contributed by atoms with E-state index in [2.05, 4.69) is 6.92 Å². The molecule has 0 aromatic carbocycles. The lowest BCUT2D eigenvalue weighted by Gasteiger charge is -2.24. The van der Waals surface area contributed by atoms with Crippen LogP contribution >= 0.6 is 0 Å². The molecule has 1 fully saturated rings. The van der Waals surface area contributed by atoms with E-state index in [1.807, 2.05) is 6.92 Å². The van der Waals surface area contributed by atoms with E-state index in [1.54, 1.807) is 0 Å². The Kier molecular flexibility index (Phi) is 4.80. The highest BCUT2D eigenvalue weighted by Crippen LogP contribution is 2.36. The van der Waals surface area contributed by atoms with Gasteiger partial charge in [0.15, 0.2) is 0 Å². The van der Waals surface area contributed by atoms with E-state index < -0.39 is 9.84 Å². The van der Waals surface area contributed by atoms with Gasteiger partial charge in [-0.2, -0.15) is 0 Å². The predicted molar refractivity (Wildman–Crippen MR) is 68.1 cm³/mol. The highest BCUT2D eigenvalue weighted by Gasteiger charge is 2.35. The minimum absolute atomic E-state index is 0.207. The van der Waals surface area contributed by atoms with Crippen LogP contribution in [0.3, 0.4) is 0 Å². The molecule has 2 atom stereocenters. The monoisotopic (exact) mass is 247 g/mol. The summed E-state index contributed by atoms with van der Waals surface area (Å²) >= 11 is 0. The lowest BCUT2D eigenvalue weighted by Crippen LogP contribution is -2.39. The highest BCUT2D eigenvalue weighted by atomic mass is 32.2. The van der Waals surface area contributed by atoms with E-state index in [9.17, 15) is 8.42 Å². The normalized spacial score (nSPS) is 30.8. The minimum atomic E-state index is -2.86. The van der Waals surface area contributed by atoms with Gasteiger partial charge in [0, 0.05) is 11.3 Å². The summed E-state index contributed by atoms with van der Waals surface area (Å²) in [6.07, 6.45) is 5.68. The first-order valence-electron chi connectivity index (χ1n) is 6.40. The summed E-state index contributed by atoms with van der Waals surface area (Å²) in [6, 6.07) is 0. The fraction of sp³-hybridized carbons (Fsp3) is 1.00. The van der Waals surface area contributed by atoms with Crippen LogP contribution in [-0.2, 0) is 9.84 Å². The second-order valence-electron chi connectivity index (χ2n) is 5.28. The molecule has 96 valence electrons. The van der Waals surface area contributed by atoms with Gasteiger partial charge in [-0.15, -0.1) is 0 Å². The molecule has 4 heteroatoms. The molecule has 3 nitrogen and oxygen atoms in total. The summed E-state index contributed by atoms with van der Waals surface area (Å²) < 4.78 is 23.3. The molecule has 0 aromatic heterocycles. The standard InChI is InChI=1S/C12H25NO2S/c1-3-8-16(14,15)9-7-12(13)6-5-11(4-2)10-12/h11H,3-10,13H2,1-2H3. The molecule has 16 heavy (non-hydrogen) atoms. The fourth-order valence-electron chi connectivity index (χ4n) is 2.62. The van der Waals surface area contributed by atoms with Crippen LogP contribution in [0.15, 0.2) is 0 Å². The molecule has 0 spiro atoms. The Morgan fingerprint density at radius 3 is 2.50 bits per heavy atom. The Bertz CT molecular complexity index is 313. The molecular weight excluding hydrogens is 222 g/mol. The highest BCUT2D eigenvalue weighted by molar-refractivity contribution is 7.91. The molecule has 2 N–H and O–H groups in total. The molecule has 0 saturated heterocycles. The Hall–Kier alpha value is -0.0900. The first-order valence-corrected chi connectivity index (χ1v) is 8.22. The van der Waals surface area contributed by atoms with Crippen molar-refractivity contribution in [3.8, 4) is 0 Å². The van der Waals surface area contributed by atoms with E-state index in [4.69, 9.17) is 5.73 Å². The third-order valence-electron chi connectivity index (χ3n) is 3.75. The maximum Gasteiger partial charge on any atom is 0.150 e. The van der Waals surface area contributed by atoms with Crippen molar-refractivity contribution in [2.45, 2.75) is 57.9 Å². The molecule has 1 saturated carbocycles. The zero-order valence-corrected chi connectivity index (χ0v) is 11.4. The average molecular weight is 247 g/mol. The van der Waals surface area contributed by atoms with E-state index in [-0.39, 0.29) is 11.3 Å². The second-order valence-corrected chi connectivity index (χ2v) is 7.58. The molecule has 0 heterocycles. The summed E-state index contributed by atoms with van der Waals surface area (Å²) in [5, 5.41) is 0. The first-order chi connectivity index (χ1) is 7.41. The van der Waals surface area contributed by atoms with Crippen LogP contribution in [0.5, 0.6) is 0 Å². The minimum Gasteiger partial charge on any atom is -0.325 e. The van der Waals surface area contributed by atoms with Gasteiger partial charge in [-0.1, -0.05) is 20.3 Å². The van der Waals surface area contributed by atoms with Crippen molar-refractivity contribution >= 4 is 9.84 Å². The SMILES string of the molecule is CCCS(=O)(=O)CCC1(N)CCC(CC)C1. The Morgan fingerprint density at radius 2 is 2.00 bits per heavy atom. The van der Waals surface area contributed by atoms with E-state index in [1.165, 1.54) is 12.8 Å². The fourth-order valence-corrected chi connectivity index (χ4v) is 4.16. The number of hydrogen-bond acceptors (Lipinski definition) is 3. The zero-order chi connectivity index (χ0) is 12.2. The topological polar surface area (TPSA) is 60.2 Å². The summed E-state index contributed by atoms with van der Waals surface area (Å²) in [7, 11) is -2.86. The largest absolute Gasteiger partial charge is 0.325 e. The van der Waals surface area contributed by atoms with Crippen LogP contribution in [-0.4, -0.2) is 25.5 Å². The molecule has 0 bridgehead atoms. The van der Waals surface area contributed by atoms with E-state index in [0.717, 1.165) is 12.8 Å². The van der Waals surface area contributed by atoms with Crippen LogP contribution < -0.4 is 5.73 Å². The molecule has 0 aromatic rings. The second kappa shape index (κ2) is 5.50. The number of rotatable bonds is 6. The van der Waals surface area contributed by atoms with Gasteiger partial charge in [0.05, 0.1) is 5.75 Å². The molecule has 0 amide bonds. The lowest BCUT2D eigenvalue weighted by atomic mass is 9.93. The van der Waals surface area contributed by atoms with Crippen LogP contribution in [0, 0.1) is 5.92 Å². The molecule has 0 aliphatic heterocycles. The molecule has 1 aliphatic carbocycles. The lowest BCUT2D eigenvalue weighted by molar-refractivity contribution is 0.396. The summed E-state index contributed by atoms with van der Waals surface area (Å²) in [4.78, 5) is 0. The van der Waals surface area contributed by atoms with Crippen molar-refractivity contribution in [2.24, 2.45) is 11.7 Å². The zero-order valence-electron chi connectivity index (χ0n) is 10.5. The Labute approximate surface area is 99.7 Å². The molecule has 2 unspecified atom stereocenters. The van der Waals surface area contributed by atoms with Gasteiger partial charge in [-0.05, 0) is 38.0 Å². The van der Waals surface area contributed by atoms with Gasteiger partial charge in [0.25, 0.3) is 0 Å². The third-order valence-corrected chi connectivity index (χ3v) is 5.61. The number of nitrogens with two attached hydrogens (primary N) is 1. The predicted octanol–water partition coefficient (Wildman–Crippen LogP) is 2.11. The van der Waals surface area contributed by atoms with Crippen molar-refractivity contribution < 1.29 is 8.42 Å². The van der Waals surface area contributed by atoms with Crippen LogP contribution in [0.25, 0.3) is 0 Å². The number of hydrogen-bond donors (Lipinski definition) is 1. The van der Waals surface area contributed by atoms with Crippen molar-refractivity contribution in [1.29, 1.82) is 0 Å².